The van der Waals surface area contributed by atoms with Gasteiger partial charge < -0.3 is 33.2 Å². The molecule has 5 rings (SSSR count). The molecule has 1 amide bonds. The highest BCUT2D eigenvalue weighted by molar-refractivity contribution is 5.69. The summed E-state index contributed by atoms with van der Waals surface area (Å²) in [5.41, 5.74) is 1.03. The number of nitrogens with zero attached hydrogens (tertiary/aromatic N) is 1. The van der Waals surface area contributed by atoms with Gasteiger partial charge in [0.15, 0.2) is 12.1 Å². The maximum absolute atomic E-state index is 13.3. The Balaban J connectivity index is 1.31. The van der Waals surface area contributed by atoms with Gasteiger partial charge in [-0.3, -0.25) is 4.90 Å². The van der Waals surface area contributed by atoms with Gasteiger partial charge in [0.05, 0.1) is 38.6 Å². The van der Waals surface area contributed by atoms with E-state index in [0.29, 0.717) is 19.6 Å². The number of hydrogen-bond acceptors (Lipinski definition) is 8. The van der Waals surface area contributed by atoms with Gasteiger partial charge >= 0.3 is 6.09 Å². The van der Waals surface area contributed by atoms with Crippen molar-refractivity contribution in [2.24, 2.45) is 0 Å². The van der Waals surface area contributed by atoms with Gasteiger partial charge in [-0.1, -0.05) is 42.5 Å². The van der Waals surface area contributed by atoms with Crippen LogP contribution < -0.4 is 4.74 Å². The first kappa shape index (κ1) is 26.9. The largest absolute Gasteiger partial charge is 0.497 e. The Morgan fingerprint density at radius 2 is 1.66 bits per heavy atom. The van der Waals surface area contributed by atoms with Crippen molar-refractivity contribution in [2.75, 3.05) is 13.7 Å². The monoisotopic (exact) mass is 527 g/mol. The summed E-state index contributed by atoms with van der Waals surface area (Å²) in [4.78, 5) is 15.0. The van der Waals surface area contributed by atoms with Crippen LogP contribution in [-0.4, -0.2) is 66.9 Å². The van der Waals surface area contributed by atoms with E-state index < -0.39 is 36.1 Å². The maximum Gasteiger partial charge on any atom is 0.412 e. The minimum Gasteiger partial charge on any atom is -0.497 e. The molecule has 0 spiro atoms. The average molecular weight is 528 g/mol. The topological polar surface area (TPSA) is 84.9 Å². The molecule has 0 N–H and O–H groups in total. The molecular weight excluding hydrogens is 490 g/mol. The fraction of sp³-hybridized carbons (Fsp3) is 0.552. The first-order valence-corrected chi connectivity index (χ1v) is 13.0. The first-order chi connectivity index (χ1) is 18.1. The van der Waals surface area contributed by atoms with Gasteiger partial charge in [-0.15, -0.1) is 0 Å². The third-order valence-electron chi connectivity index (χ3n) is 7.19. The normalized spacial score (nSPS) is 29.6. The summed E-state index contributed by atoms with van der Waals surface area (Å²) < 4.78 is 42.1. The van der Waals surface area contributed by atoms with Gasteiger partial charge in [0.1, 0.15) is 24.2 Å². The van der Waals surface area contributed by atoms with Crippen LogP contribution in [0.3, 0.4) is 0 Å². The molecule has 0 saturated carbocycles. The minimum atomic E-state index is -0.857. The van der Waals surface area contributed by atoms with Gasteiger partial charge in [0.2, 0.25) is 0 Å². The number of methoxy groups -OCH3 is 1. The molecule has 0 aromatic heterocycles. The molecule has 3 heterocycles. The van der Waals surface area contributed by atoms with Crippen LogP contribution in [0.4, 0.5) is 4.79 Å². The van der Waals surface area contributed by atoms with Crippen LogP contribution in [0.1, 0.15) is 45.2 Å². The Labute approximate surface area is 223 Å². The van der Waals surface area contributed by atoms with E-state index in [4.69, 9.17) is 33.2 Å². The average Bonchev–Trinajstić information content (AvgIpc) is 3.40. The van der Waals surface area contributed by atoms with Crippen molar-refractivity contribution < 1.29 is 38.0 Å². The predicted molar refractivity (Wildman–Crippen MR) is 137 cm³/mol. The number of fused-ring (bicyclic) bond motifs is 1. The summed E-state index contributed by atoms with van der Waals surface area (Å²) in [6.07, 6.45) is -1.66. The molecular formula is C29H37NO8. The number of amides is 1. The lowest BCUT2D eigenvalue weighted by atomic mass is 9.96. The second kappa shape index (κ2) is 10.8. The molecule has 3 aliphatic heterocycles. The molecule has 206 valence electrons. The van der Waals surface area contributed by atoms with E-state index >= 15 is 0 Å². The number of rotatable bonds is 7. The molecule has 3 saturated heterocycles. The number of ether oxygens (including phenoxy) is 7. The lowest BCUT2D eigenvalue weighted by Gasteiger charge is -2.41. The molecule has 0 aliphatic carbocycles. The molecule has 3 fully saturated rings. The van der Waals surface area contributed by atoms with E-state index in [1.54, 1.807) is 12.0 Å². The molecule has 0 radical (unpaired) electrons. The Kier molecular flexibility index (Phi) is 7.66. The summed E-state index contributed by atoms with van der Waals surface area (Å²) in [5, 5.41) is 0. The van der Waals surface area contributed by atoms with E-state index in [2.05, 4.69) is 0 Å². The summed E-state index contributed by atoms with van der Waals surface area (Å²) in [6, 6.07) is 16.9. The molecule has 3 aliphatic rings. The standard InChI is InChI=1S/C29H37NO8/c1-28(2)30(27(31)34-17-19-9-7-6-8-10-19)22(18-35-28)23-15-24-25(38-29(3,4)37-24)26(36-23)33-16-20-11-13-21(32-5)14-12-20/h6-14,22-26H,15-18H2,1-5H3/t22-,23+,24-,25-,26-/m1/s1. The number of carbonyl (C=O) groups is 1. The second-order valence-electron chi connectivity index (χ2n) is 10.8. The highest BCUT2D eigenvalue weighted by Crippen LogP contribution is 2.41. The highest BCUT2D eigenvalue weighted by Gasteiger charge is 2.56. The van der Waals surface area contributed by atoms with E-state index in [1.807, 2.05) is 82.3 Å². The van der Waals surface area contributed by atoms with Crippen LogP contribution in [0.5, 0.6) is 5.75 Å². The number of benzene rings is 2. The van der Waals surface area contributed by atoms with Crippen molar-refractivity contribution in [3.05, 3.63) is 65.7 Å². The molecule has 5 atom stereocenters. The molecule has 0 bridgehead atoms. The Morgan fingerprint density at radius 3 is 2.37 bits per heavy atom. The third kappa shape index (κ3) is 5.82. The molecule has 2 aromatic rings. The third-order valence-corrected chi connectivity index (χ3v) is 7.19. The maximum atomic E-state index is 13.3. The second-order valence-corrected chi connectivity index (χ2v) is 10.8. The molecule has 2 aromatic carbocycles. The van der Waals surface area contributed by atoms with Crippen molar-refractivity contribution >= 4 is 6.09 Å². The zero-order chi connectivity index (χ0) is 26.9. The fourth-order valence-corrected chi connectivity index (χ4v) is 5.34. The summed E-state index contributed by atoms with van der Waals surface area (Å²) in [6.45, 7) is 8.30. The summed E-state index contributed by atoms with van der Waals surface area (Å²) in [5.74, 6) is 0.00913. The quantitative estimate of drug-likeness (QED) is 0.516. The van der Waals surface area contributed by atoms with E-state index in [9.17, 15) is 4.79 Å². The number of carbonyl (C=O) groups excluding carboxylic acids is 1. The van der Waals surface area contributed by atoms with Gasteiger partial charge in [0.25, 0.3) is 0 Å². The zero-order valence-electron chi connectivity index (χ0n) is 22.6. The van der Waals surface area contributed by atoms with E-state index in [1.165, 1.54) is 0 Å². The Bertz CT molecular complexity index is 1090. The highest BCUT2D eigenvalue weighted by atomic mass is 16.8. The van der Waals surface area contributed by atoms with Crippen LogP contribution in [0, 0.1) is 0 Å². The Morgan fingerprint density at radius 1 is 0.947 bits per heavy atom. The van der Waals surface area contributed by atoms with E-state index in [0.717, 1.165) is 16.9 Å². The molecule has 9 heteroatoms. The predicted octanol–water partition coefficient (Wildman–Crippen LogP) is 4.62. The molecule has 0 unspecified atom stereocenters. The van der Waals surface area contributed by atoms with Crippen LogP contribution in [0.25, 0.3) is 0 Å². The van der Waals surface area contributed by atoms with Crippen LogP contribution in [-0.2, 0) is 41.6 Å². The summed E-state index contributed by atoms with van der Waals surface area (Å²) in [7, 11) is 1.63. The fourth-order valence-electron chi connectivity index (χ4n) is 5.34. The summed E-state index contributed by atoms with van der Waals surface area (Å²) >= 11 is 0. The molecule has 38 heavy (non-hydrogen) atoms. The molecule has 9 nitrogen and oxygen atoms in total. The van der Waals surface area contributed by atoms with E-state index in [-0.39, 0.29) is 18.8 Å². The lowest BCUT2D eigenvalue weighted by molar-refractivity contribution is -0.262. The van der Waals surface area contributed by atoms with Gasteiger partial charge in [-0.25, -0.2) is 4.79 Å². The van der Waals surface area contributed by atoms with Gasteiger partial charge in [-0.2, -0.15) is 0 Å². The van der Waals surface area contributed by atoms with Crippen LogP contribution in [0.2, 0.25) is 0 Å². The first-order valence-electron chi connectivity index (χ1n) is 13.0. The van der Waals surface area contributed by atoms with Gasteiger partial charge in [-0.05, 0) is 51.0 Å². The lowest BCUT2D eigenvalue weighted by Crippen LogP contribution is -2.57. The van der Waals surface area contributed by atoms with Crippen molar-refractivity contribution in [1.82, 2.24) is 4.90 Å². The van der Waals surface area contributed by atoms with Crippen LogP contribution in [0.15, 0.2) is 54.6 Å². The van der Waals surface area contributed by atoms with Crippen LogP contribution >= 0.6 is 0 Å². The smallest absolute Gasteiger partial charge is 0.412 e. The SMILES string of the molecule is COc1ccc(CO[C@@H]2O[C@H]([C@H]3COC(C)(C)N3C(=O)OCc3ccccc3)C[C@H]3OC(C)(C)O[C@@H]23)cc1. The zero-order valence-corrected chi connectivity index (χ0v) is 22.6. The van der Waals surface area contributed by atoms with Crippen molar-refractivity contribution in [3.63, 3.8) is 0 Å². The van der Waals surface area contributed by atoms with Crippen molar-refractivity contribution in [2.45, 2.75) is 89.5 Å². The van der Waals surface area contributed by atoms with Crippen molar-refractivity contribution in [1.29, 1.82) is 0 Å². The minimum absolute atomic E-state index is 0.175. The van der Waals surface area contributed by atoms with Gasteiger partial charge in [0, 0.05) is 6.42 Å². The Hall–Kier alpha value is -2.69. The number of hydrogen-bond donors (Lipinski definition) is 0. The van der Waals surface area contributed by atoms with Crippen molar-refractivity contribution in [3.8, 4) is 5.75 Å².